The van der Waals surface area contributed by atoms with E-state index in [2.05, 4.69) is 5.32 Å². The zero-order valence-electron chi connectivity index (χ0n) is 11.9. The van der Waals surface area contributed by atoms with Crippen molar-refractivity contribution in [2.75, 3.05) is 12.4 Å². The topological polar surface area (TPSA) is 38.3 Å². The Morgan fingerprint density at radius 1 is 1.19 bits per heavy atom. The lowest BCUT2D eigenvalue weighted by Crippen LogP contribution is -2.13. The van der Waals surface area contributed by atoms with Gasteiger partial charge in [0.25, 0.3) is 5.91 Å². The molecule has 2 aromatic rings. The highest BCUT2D eigenvalue weighted by Crippen LogP contribution is 2.28. The summed E-state index contributed by atoms with van der Waals surface area (Å²) in [5.74, 6) is 0.375. The van der Waals surface area contributed by atoms with Crippen LogP contribution in [-0.4, -0.2) is 13.0 Å². The molecule has 0 radical (unpaired) electrons. The molecule has 1 N–H and O–H groups in total. The Morgan fingerprint density at radius 2 is 1.90 bits per heavy atom. The fourth-order valence-electron chi connectivity index (χ4n) is 1.86. The lowest BCUT2D eigenvalue weighted by Gasteiger charge is -2.10. The first-order valence-electron chi connectivity index (χ1n) is 6.48. The number of halogens is 1. The smallest absolute Gasteiger partial charge is 0.251 e. The van der Waals surface area contributed by atoms with Crippen LogP contribution < -0.4 is 10.1 Å². The van der Waals surface area contributed by atoms with Crippen molar-refractivity contribution in [3.63, 3.8) is 0 Å². The first kappa shape index (κ1) is 15.1. The molecule has 21 heavy (non-hydrogen) atoms. The molecule has 0 aliphatic heterocycles. The molecular weight excluding hydrogens is 286 g/mol. The summed E-state index contributed by atoms with van der Waals surface area (Å²) in [5.41, 5.74) is 2.13. The number of benzene rings is 2. The highest BCUT2D eigenvalue weighted by molar-refractivity contribution is 6.31. The number of hydrogen-bond donors (Lipinski definition) is 1. The predicted molar refractivity (Wildman–Crippen MR) is 86.7 cm³/mol. The van der Waals surface area contributed by atoms with E-state index >= 15 is 0 Å². The summed E-state index contributed by atoms with van der Waals surface area (Å²) in [6, 6.07) is 14.8. The first-order valence-corrected chi connectivity index (χ1v) is 6.86. The van der Waals surface area contributed by atoms with Gasteiger partial charge in [-0.1, -0.05) is 41.9 Å². The molecule has 0 saturated carbocycles. The van der Waals surface area contributed by atoms with Crippen molar-refractivity contribution in [3.8, 4) is 5.75 Å². The van der Waals surface area contributed by atoms with Gasteiger partial charge in [-0.3, -0.25) is 4.79 Å². The summed E-state index contributed by atoms with van der Waals surface area (Å²) in [6.45, 7) is 1.76. The average molecular weight is 302 g/mol. The summed E-state index contributed by atoms with van der Waals surface area (Å²) in [5, 5.41) is 3.34. The summed E-state index contributed by atoms with van der Waals surface area (Å²) < 4.78 is 5.21. The second kappa shape index (κ2) is 6.95. The minimum Gasteiger partial charge on any atom is -0.495 e. The van der Waals surface area contributed by atoms with Gasteiger partial charge in [-0.25, -0.2) is 0 Å². The fourth-order valence-corrected chi connectivity index (χ4v) is 2.04. The maximum Gasteiger partial charge on any atom is 0.251 e. The Kier molecular flexibility index (Phi) is 5.01. The van der Waals surface area contributed by atoms with E-state index in [4.69, 9.17) is 16.3 Å². The van der Waals surface area contributed by atoms with E-state index in [-0.39, 0.29) is 5.91 Å². The van der Waals surface area contributed by atoms with Gasteiger partial charge in [0, 0.05) is 10.6 Å². The summed E-state index contributed by atoms with van der Waals surface area (Å²) in [7, 11) is 1.55. The van der Waals surface area contributed by atoms with Crippen LogP contribution in [0.5, 0.6) is 5.75 Å². The van der Waals surface area contributed by atoms with Crippen LogP contribution in [0.15, 0.2) is 54.1 Å². The monoisotopic (exact) mass is 301 g/mol. The lowest BCUT2D eigenvalue weighted by atomic mass is 10.1. The maximum absolute atomic E-state index is 12.2. The van der Waals surface area contributed by atoms with E-state index in [1.807, 2.05) is 36.4 Å². The predicted octanol–water partition coefficient (Wildman–Crippen LogP) is 4.39. The van der Waals surface area contributed by atoms with Gasteiger partial charge in [0.1, 0.15) is 5.75 Å². The minimum atomic E-state index is -0.195. The highest BCUT2D eigenvalue weighted by Gasteiger charge is 2.09. The van der Waals surface area contributed by atoms with Crippen molar-refractivity contribution < 1.29 is 9.53 Å². The van der Waals surface area contributed by atoms with Crippen LogP contribution in [0.4, 0.5) is 5.69 Å². The zero-order chi connectivity index (χ0) is 15.2. The molecule has 0 unspecified atom stereocenters. The largest absolute Gasteiger partial charge is 0.495 e. The molecule has 1 amide bonds. The number of rotatable bonds is 4. The molecule has 2 rings (SSSR count). The number of methoxy groups -OCH3 is 1. The summed E-state index contributed by atoms with van der Waals surface area (Å²) in [6.07, 6.45) is 1.83. The third-order valence-corrected chi connectivity index (χ3v) is 3.19. The van der Waals surface area contributed by atoms with Gasteiger partial charge in [0.05, 0.1) is 12.8 Å². The molecule has 0 aromatic heterocycles. The van der Waals surface area contributed by atoms with Crippen LogP contribution >= 0.6 is 11.6 Å². The Labute approximate surface area is 129 Å². The number of nitrogens with one attached hydrogen (secondary N) is 1. The van der Waals surface area contributed by atoms with Crippen LogP contribution in [0.3, 0.4) is 0 Å². The molecule has 0 aliphatic carbocycles. The zero-order valence-corrected chi connectivity index (χ0v) is 12.6. The van der Waals surface area contributed by atoms with Crippen molar-refractivity contribution in [1.82, 2.24) is 0 Å². The Bertz CT molecular complexity index is 666. The Balaban J connectivity index is 2.18. The molecule has 0 saturated heterocycles. The van der Waals surface area contributed by atoms with Crippen molar-refractivity contribution >= 4 is 29.3 Å². The van der Waals surface area contributed by atoms with E-state index < -0.39 is 0 Å². The van der Waals surface area contributed by atoms with Crippen LogP contribution in [0.1, 0.15) is 12.5 Å². The van der Waals surface area contributed by atoms with Crippen molar-refractivity contribution in [1.29, 1.82) is 0 Å². The molecule has 4 heteroatoms. The normalized spacial score (nSPS) is 11.1. The SMILES string of the molecule is COc1ccc(Cl)cc1NC(=O)C(C)=Cc1ccccc1. The molecule has 0 spiro atoms. The van der Waals surface area contributed by atoms with E-state index in [0.717, 1.165) is 5.56 Å². The third-order valence-electron chi connectivity index (χ3n) is 2.95. The molecule has 0 atom stereocenters. The van der Waals surface area contributed by atoms with Crippen molar-refractivity contribution in [3.05, 3.63) is 64.7 Å². The van der Waals surface area contributed by atoms with Crippen molar-refractivity contribution in [2.45, 2.75) is 6.92 Å². The average Bonchev–Trinajstić information content (AvgIpc) is 2.48. The highest BCUT2D eigenvalue weighted by atomic mass is 35.5. The molecule has 2 aromatic carbocycles. The van der Waals surface area contributed by atoms with Gasteiger partial charge in [-0.05, 0) is 36.8 Å². The Hall–Kier alpha value is -2.26. The fraction of sp³-hybridized carbons (Fsp3) is 0.118. The van der Waals surface area contributed by atoms with E-state index in [0.29, 0.717) is 22.0 Å². The quantitative estimate of drug-likeness (QED) is 0.851. The molecule has 108 valence electrons. The molecule has 0 fully saturated rings. The second-order valence-corrected chi connectivity index (χ2v) is 4.97. The van der Waals surface area contributed by atoms with E-state index in [1.165, 1.54) is 0 Å². The van der Waals surface area contributed by atoms with Crippen LogP contribution in [0.2, 0.25) is 5.02 Å². The summed E-state index contributed by atoms with van der Waals surface area (Å²) >= 11 is 5.95. The van der Waals surface area contributed by atoms with Crippen LogP contribution in [0, 0.1) is 0 Å². The standard InChI is InChI=1S/C17H16ClNO2/c1-12(10-13-6-4-3-5-7-13)17(20)19-15-11-14(18)8-9-16(15)21-2/h3-11H,1-2H3,(H,19,20). The molecule has 3 nitrogen and oxygen atoms in total. The number of carbonyl (C=O) groups excluding carboxylic acids is 1. The van der Waals surface area contributed by atoms with Gasteiger partial charge < -0.3 is 10.1 Å². The second-order valence-electron chi connectivity index (χ2n) is 4.54. The van der Waals surface area contributed by atoms with Crippen LogP contribution in [-0.2, 0) is 4.79 Å². The third kappa shape index (κ3) is 4.10. The number of anilines is 1. The van der Waals surface area contributed by atoms with Crippen molar-refractivity contribution in [2.24, 2.45) is 0 Å². The first-order chi connectivity index (χ1) is 10.1. The van der Waals surface area contributed by atoms with Gasteiger partial charge in [0.2, 0.25) is 0 Å². The van der Waals surface area contributed by atoms with Gasteiger partial charge >= 0.3 is 0 Å². The maximum atomic E-state index is 12.2. The number of ether oxygens (including phenoxy) is 1. The molecule has 0 heterocycles. The van der Waals surface area contributed by atoms with E-state index in [1.54, 1.807) is 32.2 Å². The van der Waals surface area contributed by atoms with Crippen LogP contribution in [0.25, 0.3) is 6.08 Å². The lowest BCUT2D eigenvalue weighted by molar-refractivity contribution is -0.112. The number of carbonyl (C=O) groups is 1. The molecule has 0 bridgehead atoms. The van der Waals surface area contributed by atoms with Gasteiger partial charge in [-0.2, -0.15) is 0 Å². The van der Waals surface area contributed by atoms with E-state index in [9.17, 15) is 4.79 Å². The molecule has 0 aliphatic rings. The van der Waals surface area contributed by atoms with Gasteiger partial charge in [-0.15, -0.1) is 0 Å². The Morgan fingerprint density at radius 3 is 2.57 bits per heavy atom. The van der Waals surface area contributed by atoms with Gasteiger partial charge in [0.15, 0.2) is 0 Å². The number of amides is 1. The molecular formula is C17H16ClNO2. The summed E-state index contributed by atoms with van der Waals surface area (Å²) in [4.78, 5) is 12.2. The number of hydrogen-bond acceptors (Lipinski definition) is 2. The minimum absolute atomic E-state index is 0.195.